The molecule has 0 bridgehead atoms. The van der Waals surface area contributed by atoms with Crippen molar-refractivity contribution in [3.63, 3.8) is 0 Å². The number of hydrogen-bond acceptors (Lipinski definition) is 1. The molecule has 0 aliphatic rings. The van der Waals surface area contributed by atoms with Crippen LogP contribution in [0.25, 0.3) is 0 Å². The van der Waals surface area contributed by atoms with Crippen LogP contribution in [0.5, 0.6) is 0 Å². The van der Waals surface area contributed by atoms with Crippen LogP contribution in [0.4, 0.5) is 0 Å². The Balaban J connectivity index is 3.24. The average Bonchev–Trinajstić information content (AvgIpc) is 2.26. The highest BCUT2D eigenvalue weighted by atomic mass is 14.2. The normalized spacial score (nSPS) is 11.7. The van der Waals surface area contributed by atoms with Gasteiger partial charge >= 0.3 is 0 Å². The molecule has 0 aromatic rings. The third kappa shape index (κ3) is 12.7. The van der Waals surface area contributed by atoms with Crippen molar-refractivity contribution in [2.45, 2.75) is 45.4 Å². The number of allylic oxidation sites excluding steroid dienone is 6. The maximum Gasteiger partial charge on any atom is 0.0912 e. The Morgan fingerprint density at radius 1 is 0.933 bits per heavy atom. The average molecular weight is 203 g/mol. The predicted octanol–water partition coefficient (Wildman–Crippen LogP) is 4.54. The van der Waals surface area contributed by atoms with Gasteiger partial charge in [-0.05, 0) is 25.7 Å². The molecule has 0 unspecified atom stereocenters. The summed E-state index contributed by atoms with van der Waals surface area (Å²) in [5, 5.41) is 8.23. The Morgan fingerprint density at radius 3 is 2.27 bits per heavy atom. The fraction of sp³-hybridized carbons (Fsp3) is 0.500. The standard InChI is InChI=1S/C14H21N/c1-2-3-4-5-6-7-8-9-10-11-12-13-14-15/h5-6,10-13H,2-4,7-9H2,1H3/b6-5+,11-10+,13-12+. The lowest BCUT2D eigenvalue weighted by atomic mass is 10.2. The van der Waals surface area contributed by atoms with Gasteiger partial charge in [-0.1, -0.05) is 50.1 Å². The van der Waals surface area contributed by atoms with Gasteiger partial charge in [-0.25, -0.2) is 0 Å². The Kier molecular flexibility index (Phi) is 11.6. The highest BCUT2D eigenvalue weighted by Crippen LogP contribution is 2.01. The molecule has 0 atom stereocenters. The van der Waals surface area contributed by atoms with Crippen molar-refractivity contribution in [2.75, 3.05) is 0 Å². The van der Waals surface area contributed by atoms with Crippen LogP contribution in [0.15, 0.2) is 36.5 Å². The summed E-state index contributed by atoms with van der Waals surface area (Å²) < 4.78 is 0. The van der Waals surface area contributed by atoms with Crippen molar-refractivity contribution in [1.29, 1.82) is 5.26 Å². The van der Waals surface area contributed by atoms with Crippen LogP contribution in [0.1, 0.15) is 45.4 Å². The van der Waals surface area contributed by atoms with E-state index in [1.165, 1.54) is 31.8 Å². The van der Waals surface area contributed by atoms with E-state index in [0.29, 0.717) is 0 Å². The largest absolute Gasteiger partial charge is 0.193 e. The molecule has 0 aliphatic heterocycles. The third-order valence-electron chi connectivity index (χ3n) is 2.05. The van der Waals surface area contributed by atoms with E-state index in [1.807, 2.05) is 12.1 Å². The van der Waals surface area contributed by atoms with Gasteiger partial charge in [-0.2, -0.15) is 5.26 Å². The lowest BCUT2D eigenvalue weighted by molar-refractivity contribution is 0.805. The fourth-order valence-electron chi connectivity index (χ4n) is 1.18. The molecule has 0 spiro atoms. The molecule has 15 heavy (non-hydrogen) atoms. The molecular weight excluding hydrogens is 182 g/mol. The first kappa shape index (κ1) is 13.7. The molecule has 0 aliphatic carbocycles. The molecule has 0 aromatic heterocycles. The van der Waals surface area contributed by atoms with E-state index in [1.54, 1.807) is 6.08 Å². The van der Waals surface area contributed by atoms with Gasteiger partial charge in [0.15, 0.2) is 0 Å². The van der Waals surface area contributed by atoms with Crippen molar-refractivity contribution in [1.82, 2.24) is 0 Å². The van der Waals surface area contributed by atoms with E-state index in [9.17, 15) is 0 Å². The Labute approximate surface area is 93.8 Å². The summed E-state index contributed by atoms with van der Waals surface area (Å²) in [5.41, 5.74) is 0. The van der Waals surface area contributed by atoms with Gasteiger partial charge in [0.1, 0.15) is 0 Å². The van der Waals surface area contributed by atoms with Gasteiger partial charge in [0, 0.05) is 6.08 Å². The summed E-state index contributed by atoms with van der Waals surface area (Å²) in [6.45, 7) is 2.22. The zero-order chi connectivity index (χ0) is 11.2. The number of nitriles is 1. The smallest absolute Gasteiger partial charge is 0.0912 e. The van der Waals surface area contributed by atoms with E-state index < -0.39 is 0 Å². The molecule has 0 radical (unpaired) electrons. The third-order valence-corrected chi connectivity index (χ3v) is 2.05. The minimum absolute atomic E-state index is 1.09. The summed E-state index contributed by atoms with van der Waals surface area (Å²) in [7, 11) is 0. The summed E-state index contributed by atoms with van der Waals surface area (Å²) in [6, 6.07) is 1.96. The molecule has 0 N–H and O–H groups in total. The minimum Gasteiger partial charge on any atom is -0.193 e. The Morgan fingerprint density at radius 2 is 1.60 bits per heavy atom. The molecule has 0 saturated carbocycles. The van der Waals surface area contributed by atoms with Crippen LogP contribution in [-0.2, 0) is 0 Å². The van der Waals surface area contributed by atoms with Crippen molar-refractivity contribution >= 4 is 0 Å². The maximum atomic E-state index is 8.23. The second-order valence-electron chi connectivity index (χ2n) is 3.46. The molecule has 0 saturated heterocycles. The number of rotatable bonds is 8. The molecule has 0 rings (SSSR count). The van der Waals surface area contributed by atoms with Crippen molar-refractivity contribution in [2.24, 2.45) is 0 Å². The van der Waals surface area contributed by atoms with Crippen LogP contribution < -0.4 is 0 Å². The quantitative estimate of drug-likeness (QED) is 0.246. The molecule has 0 heterocycles. The minimum atomic E-state index is 1.09. The second kappa shape index (κ2) is 12.7. The van der Waals surface area contributed by atoms with Crippen molar-refractivity contribution < 1.29 is 0 Å². The molecule has 1 heteroatoms. The second-order valence-corrected chi connectivity index (χ2v) is 3.46. The number of hydrogen-bond donors (Lipinski definition) is 0. The van der Waals surface area contributed by atoms with Gasteiger partial charge in [0.05, 0.1) is 6.07 Å². The molecular formula is C14H21N. The van der Waals surface area contributed by atoms with Gasteiger partial charge in [0.2, 0.25) is 0 Å². The molecule has 0 amide bonds. The highest BCUT2D eigenvalue weighted by Gasteiger charge is 1.81. The molecule has 1 nitrogen and oxygen atoms in total. The SMILES string of the molecule is CCCC/C=C/CCC/C=C/C=C/C#N. The van der Waals surface area contributed by atoms with Crippen LogP contribution in [-0.4, -0.2) is 0 Å². The van der Waals surface area contributed by atoms with E-state index in [4.69, 9.17) is 5.26 Å². The lowest BCUT2D eigenvalue weighted by Crippen LogP contribution is -1.70. The maximum absolute atomic E-state index is 8.23. The van der Waals surface area contributed by atoms with Crippen LogP contribution in [0.2, 0.25) is 0 Å². The van der Waals surface area contributed by atoms with Crippen LogP contribution in [0, 0.1) is 11.3 Å². The van der Waals surface area contributed by atoms with Gasteiger partial charge in [-0.3, -0.25) is 0 Å². The van der Waals surface area contributed by atoms with E-state index in [-0.39, 0.29) is 0 Å². The summed E-state index contributed by atoms with van der Waals surface area (Å²) in [4.78, 5) is 0. The highest BCUT2D eigenvalue weighted by molar-refractivity contribution is 5.11. The van der Waals surface area contributed by atoms with Crippen molar-refractivity contribution in [3.8, 4) is 6.07 Å². The van der Waals surface area contributed by atoms with E-state index in [0.717, 1.165) is 12.8 Å². The van der Waals surface area contributed by atoms with Crippen molar-refractivity contribution in [3.05, 3.63) is 36.5 Å². The summed E-state index contributed by atoms with van der Waals surface area (Å²) >= 11 is 0. The fourth-order valence-corrected chi connectivity index (χ4v) is 1.18. The van der Waals surface area contributed by atoms with E-state index >= 15 is 0 Å². The van der Waals surface area contributed by atoms with Gasteiger partial charge in [-0.15, -0.1) is 0 Å². The lowest BCUT2D eigenvalue weighted by Gasteiger charge is -1.90. The first-order chi connectivity index (χ1) is 7.41. The Bertz CT molecular complexity index is 241. The zero-order valence-corrected chi connectivity index (χ0v) is 9.65. The van der Waals surface area contributed by atoms with Crippen LogP contribution in [0.3, 0.4) is 0 Å². The first-order valence-electron chi connectivity index (χ1n) is 5.78. The summed E-state index contributed by atoms with van der Waals surface area (Å²) in [6.07, 6.45) is 19.1. The van der Waals surface area contributed by atoms with Gasteiger partial charge < -0.3 is 0 Å². The Hall–Kier alpha value is -1.29. The molecule has 82 valence electrons. The van der Waals surface area contributed by atoms with Gasteiger partial charge in [0.25, 0.3) is 0 Å². The topological polar surface area (TPSA) is 23.8 Å². The predicted molar refractivity (Wildman–Crippen MR) is 66.4 cm³/mol. The van der Waals surface area contributed by atoms with Crippen LogP contribution >= 0.6 is 0 Å². The number of nitrogens with zero attached hydrogens (tertiary/aromatic N) is 1. The number of unbranched alkanes of at least 4 members (excludes halogenated alkanes) is 4. The monoisotopic (exact) mass is 203 g/mol. The summed E-state index contributed by atoms with van der Waals surface area (Å²) in [5.74, 6) is 0. The first-order valence-corrected chi connectivity index (χ1v) is 5.78. The zero-order valence-electron chi connectivity index (χ0n) is 9.65. The molecule has 0 aromatic carbocycles. The molecule has 0 fully saturated rings. The van der Waals surface area contributed by atoms with E-state index in [2.05, 4.69) is 25.2 Å².